The van der Waals surface area contributed by atoms with Crippen LogP contribution in [-0.2, 0) is 4.79 Å². The van der Waals surface area contributed by atoms with Crippen LogP contribution < -0.4 is 10.1 Å². The maximum atomic E-state index is 12.8. The number of benzene rings is 1. The van der Waals surface area contributed by atoms with Crippen LogP contribution in [0.2, 0.25) is 0 Å². The van der Waals surface area contributed by atoms with Crippen molar-refractivity contribution in [2.24, 2.45) is 16.8 Å². The zero-order chi connectivity index (χ0) is 22.2. The molecule has 8 heteroatoms. The summed E-state index contributed by atoms with van der Waals surface area (Å²) in [5.41, 5.74) is 2.80. The van der Waals surface area contributed by atoms with E-state index in [-0.39, 0.29) is 18.2 Å². The molecule has 2 aliphatic carbocycles. The van der Waals surface area contributed by atoms with E-state index in [1.54, 1.807) is 7.11 Å². The number of nitrogens with one attached hydrogen (secondary N) is 1. The Morgan fingerprint density at radius 1 is 1.31 bits per heavy atom. The van der Waals surface area contributed by atoms with Gasteiger partial charge in [-0.05, 0) is 56.4 Å². The Kier molecular flexibility index (Phi) is 5.59. The Morgan fingerprint density at radius 3 is 2.88 bits per heavy atom. The Morgan fingerprint density at radius 2 is 2.16 bits per heavy atom. The van der Waals surface area contributed by atoms with Crippen molar-refractivity contribution in [3.8, 4) is 11.4 Å². The van der Waals surface area contributed by atoms with E-state index in [0.29, 0.717) is 11.7 Å². The molecule has 2 unspecified atom stereocenters. The summed E-state index contributed by atoms with van der Waals surface area (Å²) < 4.78 is 7.53. The van der Waals surface area contributed by atoms with E-state index in [9.17, 15) is 4.79 Å². The lowest BCUT2D eigenvalue weighted by Crippen LogP contribution is -2.27. The molecule has 1 saturated carbocycles. The Hall–Kier alpha value is -2.93. The monoisotopic (exact) mass is 451 g/mol. The largest absolute Gasteiger partial charge is 0.497 e. The number of carbonyl (C=O) groups is 1. The fraction of sp³-hybridized carbons (Fsp3) is 0.417. The van der Waals surface area contributed by atoms with Crippen LogP contribution in [0.15, 0.2) is 46.5 Å². The lowest BCUT2D eigenvalue weighted by molar-refractivity contribution is -0.121. The number of aliphatic imine (C=N–C) groups is 1. The van der Waals surface area contributed by atoms with Crippen molar-refractivity contribution >= 4 is 23.2 Å². The van der Waals surface area contributed by atoms with Crippen molar-refractivity contribution in [2.45, 2.75) is 38.6 Å². The van der Waals surface area contributed by atoms with E-state index in [1.807, 2.05) is 41.8 Å². The van der Waals surface area contributed by atoms with Crippen LogP contribution in [-0.4, -0.2) is 40.0 Å². The summed E-state index contributed by atoms with van der Waals surface area (Å²) in [6.07, 6.45) is 9.35. The molecule has 2 heterocycles. The first kappa shape index (κ1) is 20.9. The molecule has 2 atom stereocenters. The molecular formula is C24H26ClN5O2. The van der Waals surface area contributed by atoms with Crippen LogP contribution >= 0.6 is 11.6 Å². The van der Waals surface area contributed by atoms with Crippen LogP contribution in [0.4, 0.5) is 0 Å². The van der Waals surface area contributed by atoms with Gasteiger partial charge in [-0.3, -0.25) is 14.4 Å². The van der Waals surface area contributed by atoms with E-state index >= 15 is 0 Å². The number of aryl methyl sites for hydroxylation is 1. The smallest absolute Gasteiger partial charge is 0.222 e. The molecule has 0 radical (unpaired) electrons. The Labute approximate surface area is 192 Å². The molecular weight excluding hydrogens is 426 g/mol. The average molecular weight is 452 g/mol. The number of ether oxygens (including phenoxy) is 1. The van der Waals surface area contributed by atoms with E-state index in [0.717, 1.165) is 46.5 Å². The lowest BCUT2D eigenvalue weighted by atomic mass is 9.89. The number of allylic oxidation sites excluding steroid dienone is 4. The fourth-order valence-corrected chi connectivity index (χ4v) is 4.45. The molecule has 166 valence electrons. The molecule has 2 aromatic rings. The number of amides is 1. The quantitative estimate of drug-likeness (QED) is 0.718. The predicted octanol–water partition coefficient (Wildman–Crippen LogP) is 4.04. The number of halogens is 1. The minimum atomic E-state index is -0.432. The zero-order valence-electron chi connectivity index (χ0n) is 18.2. The number of aromatic nitrogens is 3. The third-order valence-electron chi connectivity index (χ3n) is 6.23. The van der Waals surface area contributed by atoms with Crippen LogP contribution in [0, 0.1) is 18.8 Å². The second kappa shape index (κ2) is 8.54. The third-order valence-corrected chi connectivity index (χ3v) is 6.51. The van der Waals surface area contributed by atoms with E-state index in [4.69, 9.17) is 21.3 Å². The van der Waals surface area contributed by atoms with Crippen LogP contribution in [0.25, 0.3) is 5.69 Å². The van der Waals surface area contributed by atoms with Gasteiger partial charge >= 0.3 is 0 Å². The SMILES string of the molecule is COc1ccc2c(c1)C(C1C=CC(Cl)=CC1)=NC(CC(=O)NCC1CC1)c1nnc(C)n1-2. The van der Waals surface area contributed by atoms with Gasteiger partial charge in [0, 0.05) is 23.1 Å². The molecule has 0 saturated heterocycles. The van der Waals surface area contributed by atoms with E-state index in [2.05, 4.69) is 21.6 Å². The summed E-state index contributed by atoms with van der Waals surface area (Å²) >= 11 is 6.18. The first-order valence-electron chi connectivity index (χ1n) is 11.0. The minimum Gasteiger partial charge on any atom is -0.497 e. The number of nitrogens with zero attached hydrogens (tertiary/aromatic N) is 4. The van der Waals surface area contributed by atoms with E-state index in [1.165, 1.54) is 12.8 Å². The van der Waals surface area contributed by atoms with Gasteiger partial charge in [0.05, 0.1) is 24.9 Å². The maximum absolute atomic E-state index is 12.8. The molecule has 1 N–H and O–H groups in total. The summed E-state index contributed by atoms with van der Waals surface area (Å²) in [7, 11) is 1.65. The fourth-order valence-electron chi connectivity index (χ4n) is 4.29. The Balaban J connectivity index is 1.59. The van der Waals surface area contributed by atoms with Crippen molar-refractivity contribution in [1.29, 1.82) is 0 Å². The van der Waals surface area contributed by atoms with Crippen molar-refractivity contribution in [1.82, 2.24) is 20.1 Å². The van der Waals surface area contributed by atoms with Crippen molar-refractivity contribution in [2.75, 3.05) is 13.7 Å². The molecule has 1 amide bonds. The lowest BCUT2D eigenvalue weighted by Gasteiger charge is -2.20. The molecule has 5 rings (SSSR count). The van der Waals surface area contributed by atoms with Gasteiger partial charge in [-0.25, -0.2) is 0 Å². The van der Waals surface area contributed by atoms with Gasteiger partial charge in [0.15, 0.2) is 5.82 Å². The highest BCUT2D eigenvalue weighted by atomic mass is 35.5. The van der Waals surface area contributed by atoms with Crippen LogP contribution in [0.3, 0.4) is 0 Å². The molecule has 0 bridgehead atoms. The topological polar surface area (TPSA) is 81.4 Å². The molecule has 32 heavy (non-hydrogen) atoms. The van der Waals surface area contributed by atoms with Gasteiger partial charge in [0.2, 0.25) is 5.91 Å². The molecule has 7 nitrogen and oxygen atoms in total. The first-order chi connectivity index (χ1) is 15.5. The van der Waals surface area contributed by atoms with Gasteiger partial charge in [-0.2, -0.15) is 0 Å². The molecule has 3 aliphatic rings. The number of rotatable bonds is 6. The molecule has 1 aromatic carbocycles. The van der Waals surface area contributed by atoms with Crippen molar-refractivity contribution < 1.29 is 9.53 Å². The van der Waals surface area contributed by atoms with Gasteiger partial charge < -0.3 is 10.1 Å². The van der Waals surface area contributed by atoms with Gasteiger partial charge in [-0.15, -0.1) is 10.2 Å². The Bertz CT molecular complexity index is 1150. The highest BCUT2D eigenvalue weighted by Crippen LogP contribution is 2.36. The van der Waals surface area contributed by atoms with Crippen molar-refractivity contribution in [3.63, 3.8) is 0 Å². The summed E-state index contributed by atoms with van der Waals surface area (Å²) in [5, 5.41) is 12.5. The molecule has 1 aliphatic heterocycles. The highest BCUT2D eigenvalue weighted by Gasteiger charge is 2.32. The molecule has 1 fully saturated rings. The summed E-state index contributed by atoms with van der Waals surface area (Å²) in [4.78, 5) is 17.9. The maximum Gasteiger partial charge on any atom is 0.222 e. The van der Waals surface area contributed by atoms with Crippen LogP contribution in [0.1, 0.15) is 48.9 Å². The summed E-state index contributed by atoms with van der Waals surface area (Å²) in [6, 6.07) is 5.50. The predicted molar refractivity (Wildman–Crippen MR) is 123 cm³/mol. The minimum absolute atomic E-state index is 0.0112. The number of hydrogen-bond donors (Lipinski definition) is 1. The normalized spacial score (nSPS) is 21.7. The summed E-state index contributed by atoms with van der Waals surface area (Å²) in [6.45, 7) is 2.66. The standard InChI is InChI=1S/C24H26ClN5O2/c1-14-28-29-24-20(12-22(31)26-13-15-3-4-15)27-23(16-5-7-17(25)8-6-16)19-11-18(32-2)9-10-21(19)30(14)24/h5,7-11,15-16,20H,3-4,6,12-13H2,1-2H3,(H,26,31). The first-order valence-corrected chi connectivity index (χ1v) is 11.4. The zero-order valence-corrected chi connectivity index (χ0v) is 19.0. The van der Waals surface area contributed by atoms with Crippen molar-refractivity contribution in [3.05, 3.63) is 58.7 Å². The molecule has 1 aromatic heterocycles. The number of hydrogen-bond acceptors (Lipinski definition) is 5. The van der Waals surface area contributed by atoms with Gasteiger partial charge in [0.1, 0.15) is 17.6 Å². The second-order valence-corrected chi connectivity index (χ2v) is 9.03. The van der Waals surface area contributed by atoms with Gasteiger partial charge in [0.25, 0.3) is 0 Å². The van der Waals surface area contributed by atoms with Crippen LogP contribution in [0.5, 0.6) is 5.75 Å². The van der Waals surface area contributed by atoms with E-state index < -0.39 is 6.04 Å². The highest BCUT2D eigenvalue weighted by molar-refractivity contribution is 6.31. The summed E-state index contributed by atoms with van der Waals surface area (Å²) in [5.74, 6) is 2.84. The number of carbonyl (C=O) groups excluding carboxylic acids is 1. The molecule has 0 spiro atoms. The second-order valence-electron chi connectivity index (χ2n) is 8.60. The average Bonchev–Trinajstić information content (AvgIpc) is 3.57. The number of fused-ring (bicyclic) bond motifs is 3. The number of methoxy groups -OCH3 is 1. The van der Waals surface area contributed by atoms with Gasteiger partial charge in [-0.1, -0.05) is 23.8 Å². The third kappa shape index (κ3) is 4.09.